The van der Waals surface area contributed by atoms with Crippen molar-refractivity contribution < 1.29 is 27.4 Å². The Bertz CT molecular complexity index is 638. The summed E-state index contributed by atoms with van der Waals surface area (Å²) in [5, 5.41) is 0. The van der Waals surface area contributed by atoms with Crippen LogP contribution in [-0.2, 0) is 28.7 Å². The van der Waals surface area contributed by atoms with Gasteiger partial charge in [-0.3, -0.25) is 0 Å². The highest BCUT2D eigenvalue weighted by atomic mass is 19.4. The zero-order valence-electron chi connectivity index (χ0n) is 15.7. The predicted molar refractivity (Wildman–Crippen MR) is 91.8 cm³/mol. The van der Waals surface area contributed by atoms with Crippen LogP contribution < -0.4 is 0 Å². The van der Waals surface area contributed by atoms with Crippen molar-refractivity contribution in [1.29, 1.82) is 0 Å². The van der Waals surface area contributed by atoms with Crippen LogP contribution in [0.2, 0.25) is 0 Å². The van der Waals surface area contributed by atoms with Crippen LogP contribution in [0.1, 0.15) is 43.9 Å². The zero-order valence-corrected chi connectivity index (χ0v) is 15.7. The first-order chi connectivity index (χ1) is 12.0. The van der Waals surface area contributed by atoms with Crippen LogP contribution >= 0.6 is 0 Å². The van der Waals surface area contributed by atoms with Crippen LogP contribution in [0.5, 0.6) is 0 Å². The fourth-order valence-corrected chi connectivity index (χ4v) is 3.09. The number of methoxy groups -OCH3 is 1. The van der Waals surface area contributed by atoms with E-state index >= 15 is 0 Å². The average molecular weight is 373 g/mol. The summed E-state index contributed by atoms with van der Waals surface area (Å²) in [5.41, 5.74) is 0.151. The van der Waals surface area contributed by atoms with E-state index < -0.39 is 17.3 Å². The highest BCUT2D eigenvalue weighted by Crippen LogP contribution is 2.32. The molecule has 0 spiro atoms. The number of hydrogen-bond donors (Lipinski definition) is 0. The minimum absolute atomic E-state index is 0.127. The van der Waals surface area contributed by atoms with Crippen molar-refractivity contribution in [2.24, 2.45) is 5.92 Å². The molecule has 1 atom stereocenters. The van der Waals surface area contributed by atoms with E-state index in [-0.39, 0.29) is 18.6 Å². The lowest BCUT2D eigenvalue weighted by Gasteiger charge is -2.24. The lowest BCUT2D eigenvalue weighted by atomic mass is 9.94. The van der Waals surface area contributed by atoms with Crippen LogP contribution in [0.15, 0.2) is 18.2 Å². The van der Waals surface area contributed by atoms with Crippen molar-refractivity contribution in [2.45, 2.75) is 52.0 Å². The Morgan fingerprint density at radius 2 is 1.92 bits per heavy atom. The molecule has 0 radical (unpaired) electrons. The molecule has 1 aliphatic heterocycles. The summed E-state index contributed by atoms with van der Waals surface area (Å²) < 4.78 is 49.2. The lowest BCUT2D eigenvalue weighted by molar-refractivity contribution is -0.137. The van der Waals surface area contributed by atoms with Crippen LogP contribution in [0.4, 0.5) is 18.0 Å². The maximum atomic E-state index is 12.9. The van der Waals surface area contributed by atoms with E-state index in [0.29, 0.717) is 25.1 Å². The van der Waals surface area contributed by atoms with Gasteiger partial charge in [-0.2, -0.15) is 13.2 Å². The summed E-state index contributed by atoms with van der Waals surface area (Å²) in [4.78, 5) is 13.8. The number of nitrogens with zero attached hydrogens (tertiary/aromatic N) is 1. The summed E-state index contributed by atoms with van der Waals surface area (Å²) in [7, 11) is 1.46. The number of likely N-dealkylation sites (tertiary alicyclic amines) is 1. The largest absolute Gasteiger partial charge is 0.444 e. The molecule has 0 aliphatic carbocycles. The van der Waals surface area contributed by atoms with Gasteiger partial charge in [-0.15, -0.1) is 0 Å². The van der Waals surface area contributed by atoms with Crippen LogP contribution in [0, 0.1) is 5.92 Å². The smallest absolute Gasteiger partial charge is 0.416 e. The Kier molecular flexibility index (Phi) is 6.21. The molecule has 1 amide bonds. The summed E-state index contributed by atoms with van der Waals surface area (Å²) in [5.74, 6) is 0.190. The second-order valence-corrected chi connectivity index (χ2v) is 7.70. The quantitative estimate of drug-likeness (QED) is 0.771. The first kappa shape index (κ1) is 20.6. The molecule has 1 aromatic rings. The molecule has 1 fully saturated rings. The molecule has 1 aromatic carbocycles. The minimum atomic E-state index is -4.37. The molecule has 0 bridgehead atoms. The zero-order chi connectivity index (χ0) is 19.5. The van der Waals surface area contributed by atoms with Gasteiger partial charge in [0.1, 0.15) is 5.60 Å². The monoisotopic (exact) mass is 373 g/mol. The third kappa shape index (κ3) is 5.62. The van der Waals surface area contributed by atoms with Gasteiger partial charge >= 0.3 is 12.3 Å². The van der Waals surface area contributed by atoms with Gasteiger partial charge < -0.3 is 14.4 Å². The fourth-order valence-electron chi connectivity index (χ4n) is 3.09. The van der Waals surface area contributed by atoms with Gasteiger partial charge in [-0.05, 0) is 62.8 Å². The highest BCUT2D eigenvalue weighted by molar-refractivity contribution is 5.68. The Hall–Kier alpha value is -1.76. The number of rotatable bonds is 4. The highest BCUT2D eigenvalue weighted by Gasteiger charge is 2.32. The summed E-state index contributed by atoms with van der Waals surface area (Å²) in [6.45, 7) is 6.72. The van der Waals surface area contributed by atoms with Gasteiger partial charge in [0.25, 0.3) is 0 Å². The van der Waals surface area contributed by atoms with E-state index in [9.17, 15) is 18.0 Å². The summed E-state index contributed by atoms with van der Waals surface area (Å²) in [6, 6.07) is 3.78. The molecule has 1 heterocycles. The summed E-state index contributed by atoms with van der Waals surface area (Å²) >= 11 is 0. The Balaban J connectivity index is 2.06. The molecule has 4 nitrogen and oxygen atoms in total. The van der Waals surface area contributed by atoms with Gasteiger partial charge in [-0.25, -0.2) is 4.79 Å². The summed E-state index contributed by atoms with van der Waals surface area (Å²) in [6.07, 6.45) is -3.31. The molecule has 0 aromatic heterocycles. The van der Waals surface area contributed by atoms with Crippen molar-refractivity contribution in [3.05, 3.63) is 34.9 Å². The first-order valence-corrected chi connectivity index (χ1v) is 8.65. The number of benzene rings is 1. The van der Waals surface area contributed by atoms with E-state index in [4.69, 9.17) is 9.47 Å². The lowest BCUT2D eigenvalue weighted by Crippen LogP contribution is -2.35. The number of carbonyl (C=O) groups excluding carboxylic acids is 1. The van der Waals surface area contributed by atoms with Crippen LogP contribution in [0.3, 0.4) is 0 Å². The maximum Gasteiger partial charge on any atom is 0.416 e. The minimum Gasteiger partial charge on any atom is -0.444 e. The average Bonchev–Trinajstić information content (AvgIpc) is 2.95. The van der Waals surface area contributed by atoms with Gasteiger partial charge in [0.2, 0.25) is 0 Å². The molecular weight excluding hydrogens is 347 g/mol. The van der Waals surface area contributed by atoms with Gasteiger partial charge in [0.05, 0.1) is 12.2 Å². The number of halogens is 3. The molecule has 1 aliphatic rings. The van der Waals surface area contributed by atoms with E-state index in [1.807, 2.05) is 20.8 Å². The van der Waals surface area contributed by atoms with E-state index in [0.717, 1.165) is 24.1 Å². The van der Waals surface area contributed by atoms with Crippen molar-refractivity contribution >= 4 is 6.09 Å². The van der Waals surface area contributed by atoms with Crippen molar-refractivity contribution in [3.8, 4) is 0 Å². The molecule has 0 N–H and O–H groups in total. The van der Waals surface area contributed by atoms with Crippen molar-refractivity contribution in [2.75, 3.05) is 20.2 Å². The van der Waals surface area contributed by atoms with E-state index in [1.165, 1.54) is 13.2 Å². The second kappa shape index (κ2) is 7.86. The molecule has 0 unspecified atom stereocenters. The van der Waals surface area contributed by atoms with Gasteiger partial charge in [-0.1, -0.05) is 6.07 Å². The van der Waals surface area contributed by atoms with E-state index in [2.05, 4.69) is 0 Å². The number of alkyl halides is 3. The number of carbonyl (C=O) groups is 1. The normalized spacial score (nSPS) is 18.3. The number of hydrogen-bond acceptors (Lipinski definition) is 3. The van der Waals surface area contributed by atoms with Crippen molar-refractivity contribution in [3.63, 3.8) is 0 Å². The molecule has 0 saturated carbocycles. The third-order valence-corrected chi connectivity index (χ3v) is 4.28. The predicted octanol–water partition coefficient (Wildman–Crippen LogP) is 4.65. The Morgan fingerprint density at radius 3 is 2.50 bits per heavy atom. The first-order valence-electron chi connectivity index (χ1n) is 8.65. The fraction of sp³-hybridized carbons (Fsp3) is 0.632. The molecule has 26 heavy (non-hydrogen) atoms. The third-order valence-electron chi connectivity index (χ3n) is 4.28. The van der Waals surface area contributed by atoms with Gasteiger partial charge in [0, 0.05) is 20.2 Å². The van der Waals surface area contributed by atoms with Gasteiger partial charge in [0.15, 0.2) is 0 Å². The van der Waals surface area contributed by atoms with Crippen LogP contribution in [0.25, 0.3) is 0 Å². The molecule has 146 valence electrons. The maximum absolute atomic E-state index is 12.9. The molecular formula is C19H26F3NO3. The number of ether oxygens (including phenoxy) is 2. The molecule has 1 saturated heterocycles. The Morgan fingerprint density at radius 1 is 1.23 bits per heavy atom. The topological polar surface area (TPSA) is 38.8 Å². The van der Waals surface area contributed by atoms with Crippen LogP contribution in [-0.4, -0.2) is 36.8 Å². The standard InChI is InChI=1S/C19H26F3NO3/c1-18(2,3)26-17(24)23-8-7-13(11-23)9-14-5-6-16(19(20,21)22)10-15(14)12-25-4/h5-6,10,13H,7-9,11-12H2,1-4H3/t13-/m1/s1. The SMILES string of the molecule is COCc1cc(C(F)(F)F)ccc1C[C@H]1CCN(C(=O)OC(C)(C)C)C1. The number of amides is 1. The van der Waals surface area contributed by atoms with Crippen molar-refractivity contribution in [1.82, 2.24) is 4.90 Å². The van der Waals surface area contributed by atoms with E-state index in [1.54, 1.807) is 4.90 Å². The molecule has 7 heteroatoms. The second-order valence-electron chi connectivity index (χ2n) is 7.70. The Labute approximate surface area is 152 Å². The molecule has 2 rings (SSSR count).